The fourth-order valence-corrected chi connectivity index (χ4v) is 2.29. The second-order valence-corrected chi connectivity index (χ2v) is 5.55. The van der Waals surface area contributed by atoms with E-state index in [9.17, 15) is 14.7 Å². The van der Waals surface area contributed by atoms with E-state index in [0.29, 0.717) is 13.0 Å². The molecule has 0 radical (unpaired) electrons. The Morgan fingerprint density at radius 3 is 2.57 bits per heavy atom. The molecule has 1 aliphatic rings. The summed E-state index contributed by atoms with van der Waals surface area (Å²) in [7, 11) is 3.87. The Morgan fingerprint density at radius 1 is 1.29 bits per heavy atom. The molecule has 0 spiro atoms. The van der Waals surface area contributed by atoms with Crippen LogP contribution in [-0.2, 0) is 16.0 Å². The van der Waals surface area contributed by atoms with Crippen LogP contribution in [0.1, 0.15) is 5.56 Å². The molecular formula is C15H21N3O3. The predicted octanol–water partition coefficient (Wildman–Crippen LogP) is -0.177. The highest BCUT2D eigenvalue weighted by Crippen LogP contribution is 2.13. The van der Waals surface area contributed by atoms with E-state index in [4.69, 9.17) is 0 Å². The van der Waals surface area contributed by atoms with Crippen LogP contribution in [0.25, 0.3) is 0 Å². The SMILES string of the molecule is CN(C)CCN1CC(=O)N[C@@H](Cc2ccc(O)cc2)C1=O. The highest BCUT2D eigenvalue weighted by molar-refractivity contribution is 5.95. The Balaban J connectivity index is 2.02. The van der Waals surface area contributed by atoms with E-state index < -0.39 is 6.04 Å². The number of phenolic OH excluding ortho intramolecular Hbond substituents is 1. The molecule has 1 aromatic carbocycles. The smallest absolute Gasteiger partial charge is 0.246 e. The zero-order valence-electron chi connectivity index (χ0n) is 12.4. The molecule has 2 rings (SSSR count). The van der Waals surface area contributed by atoms with Crippen molar-refractivity contribution in [2.24, 2.45) is 0 Å². The maximum absolute atomic E-state index is 12.4. The number of carbonyl (C=O) groups is 2. The first-order chi connectivity index (χ1) is 9.95. The summed E-state index contributed by atoms with van der Waals surface area (Å²) >= 11 is 0. The second kappa shape index (κ2) is 6.58. The van der Waals surface area contributed by atoms with E-state index in [-0.39, 0.29) is 24.1 Å². The van der Waals surface area contributed by atoms with Crippen molar-refractivity contribution < 1.29 is 14.7 Å². The summed E-state index contributed by atoms with van der Waals surface area (Å²) in [5.41, 5.74) is 0.904. The minimum atomic E-state index is -0.530. The summed E-state index contributed by atoms with van der Waals surface area (Å²) in [6.45, 7) is 1.40. The molecule has 0 saturated carbocycles. The van der Waals surface area contributed by atoms with Crippen LogP contribution in [0.15, 0.2) is 24.3 Å². The molecule has 1 aliphatic heterocycles. The van der Waals surface area contributed by atoms with Crippen LogP contribution in [0.3, 0.4) is 0 Å². The number of hydrogen-bond donors (Lipinski definition) is 2. The van der Waals surface area contributed by atoms with Crippen molar-refractivity contribution in [3.63, 3.8) is 0 Å². The number of nitrogens with one attached hydrogen (secondary N) is 1. The van der Waals surface area contributed by atoms with Gasteiger partial charge < -0.3 is 20.2 Å². The fourth-order valence-electron chi connectivity index (χ4n) is 2.29. The summed E-state index contributed by atoms with van der Waals surface area (Å²) in [4.78, 5) is 27.7. The summed E-state index contributed by atoms with van der Waals surface area (Å²) in [5.74, 6) is 0.00650. The van der Waals surface area contributed by atoms with Crippen molar-refractivity contribution in [1.82, 2.24) is 15.1 Å². The van der Waals surface area contributed by atoms with Crippen molar-refractivity contribution in [3.8, 4) is 5.75 Å². The van der Waals surface area contributed by atoms with Gasteiger partial charge in [0.15, 0.2) is 0 Å². The fraction of sp³-hybridized carbons (Fsp3) is 0.467. The molecule has 6 heteroatoms. The van der Waals surface area contributed by atoms with E-state index in [0.717, 1.165) is 12.1 Å². The minimum absolute atomic E-state index is 0.0514. The van der Waals surface area contributed by atoms with Crippen LogP contribution in [0.2, 0.25) is 0 Å². The molecule has 1 saturated heterocycles. The van der Waals surface area contributed by atoms with Gasteiger partial charge in [0.2, 0.25) is 11.8 Å². The average molecular weight is 291 g/mol. The molecule has 1 fully saturated rings. The molecule has 114 valence electrons. The van der Waals surface area contributed by atoms with Crippen LogP contribution >= 0.6 is 0 Å². The van der Waals surface area contributed by atoms with Gasteiger partial charge in [0.25, 0.3) is 0 Å². The third kappa shape index (κ3) is 4.19. The number of nitrogens with zero attached hydrogens (tertiary/aromatic N) is 2. The van der Waals surface area contributed by atoms with Crippen molar-refractivity contribution >= 4 is 11.8 Å². The summed E-state index contributed by atoms with van der Waals surface area (Å²) < 4.78 is 0. The predicted molar refractivity (Wildman–Crippen MR) is 78.9 cm³/mol. The Labute approximate surface area is 124 Å². The van der Waals surface area contributed by atoms with Crippen LogP contribution in [0.4, 0.5) is 0 Å². The van der Waals surface area contributed by atoms with Crippen molar-refractivity contribution in [1.29, 1.82) is 0 Å². The molecule has 2 N–H and O–H groups in total. The van der Waals surface area contributed by atoms with Gasteiger partial charge in [-0.05, 0) is 31.8 Å². The summed E-state index contributed by atoms with van der Waals surface area (Å²) in [6.07, 6.45) is 0.434. The van der Waals surface area contributed by atoms with Gasteiger partial charge in [-0.3, -0.25) is 9.59 Å². The molecular weight excluding hydrogens is 270 g/mol. The summed E-state index contributed by atoms with van der Waals surface area (Å²) in [5, 5.41) is 12.0. The first-order valence-corrected chi connectivity index (χ1v) is 6.96. The standard InChI is InChI=1S/C15H21N3O3/c1-17(2)7-8-18-10-14(20)16-13(15(18)21)9-11-3-5-12(19)6-4-11/h3-6,13,19H,7-10H2,1-2H3,(H,16,20)/t13-/m0/s1. The highest BCUT2D eigenvalue weighted by atomic mass is 16.3. The molecule has 21 heavy (non-hydrogen) atoms. The Kier molecular flexibility index (Phi) is 4.80. The van der Waals surface area contributed by atoms with Crippen molar-refractivity contribution in [3.05, 3.63) is 29.8 Å². The number of phenols is 1. The molecule has 0 aromatic heterocycles. The quantitative estimate of drug-likeness (QED) is 0.789. The molecule has 0 unspecified atom stereocenters. The van der Waals surface area contributed by atoms with E-state index in [1.54, 1.807) is 29.2 Å². The molecule has 1 atom stereocenters. The van der Waals surface area contributed by atoms with E-state index in [1.807, 2.05) is 19.0 Å². The molecule has 2 amide bonds. The van der Waals surface area contributed by atoms with Gasteiger partial charge in [0, 0.05) is 19.5 Å². The zero-order valence-corrected chi connectivity index (χ0v) is 12.4. The maximum atomic E-state index is 12.4. The topological polar surface area (TPSA) is 72.9 Å². The van der Waals surface area contributed by atoms with E-state index >= 15 is 0 Å². The maximum Gasteiger partial charge on any atom is 0.246 e. The minimum Gasteiger partial charge on any atom is -0.508 e. The molecule has 0 aliphatic carbocycles. The number of hydrogen-bond acceptors (Lipinski definition) is 4. The lowest BCUT2D eigenvalue weighted by Gasteiger charge is -2.33. The van der Waals surface area contributed by atoms with Crippen molar-refractivity contribution in [2.45, 2.75) is 12.5 Å². The number of likely N-dealkylation sites (N-methyl/N-ethyl adjacent to an activating group) is 1. The highest BCUT2D eigenvalue weighted by Gasteiger charge is 2.32. The Hall–Kier alpha value is -2.08. The van der Waals surface area contributed by atoms with Crippen LogP contribution in [0.5, 0.6) is 5.75 Å². The third-order valence-electron chi connectivity index (χ3n) is 3.47. The largest absolute Gasteiger partial charge is 0.508 e. The lowest BCUT2D eigenvalue weighted by molar-refractivity contribution is -0.144. The van der Waals surface area contributed by atoms with Gasteiger partial charge in [-0.2, -0.15) is 0 Å². The normalized spacial score (nSPS) is 19.0. The first kappa shape index (κ1) is 15.3. The van der Waals surface area contributed by atoms with Gasteiger partial charge in [0.05, 0.1) is 6.54 Å². The third-order valence-corrected chi connectivity index (χ3v) is 3.47. The summed E-state index contributed by atoms with van der Waals surface area (Å²) in [6, 6.07) is 6.14. The van der Waals surface area contributed by atoms with Crippen molar-refractivity contribution in [2.75, 3.05) is 33.7 Å². The molecule has 1 aromatic rings. The lowest BCUT2D eigenvalue weighted by atomic mass is 10.0. The number of piperazine rings is 1. The molecule has 0 bridgehead atoms. The van der Waals surface area contributed by atoms with Gasteiger partial charge in [-0.15, -0.1) is 0 Å². The average Bonchev–Trinajstić information content (AvgIpc) is 2.43. The number of amides is 2. The van der Waals surface area contributed by atoms with Gasteiger partial charge in [-0.25, -0.2) is 0 Å². The Bertz CT molecular complexity index is 513. The van der Waals surface area contributed by atoms with Gasteiger partial charge >= 0.3 is 0 Å². The van der Waals surface area contributed by atoms with Gasteiger partial charge in [0.1, 0.15) is 11.8 Å². The number of benzene rings is 1. The van der Waals surface area contributed by atoms with Crippen LogP contribution < -0.4 is 5.32 Å². The first-order valence-electron chi connectivity index (χ1n) is 6.96. The second-order valence-electron chi connectivity index (χ2n) is 5.55. The van der Waals surface area contributed by atoms with Gasteiger partial charge in [-0.1, -0.05) is 12.1 Å². The zero-order chi connectivity index (χ0) is 15.4. The monoisotopic (exact) mass is 291 g/mol. The number of aromatic hydroxyl groups is 1. The number of carbonyl (C=O) groups excluding carboxylic acids is 2. The Morgan fingerprint density at radius 2 is 1.95 bits per heavy atom. The number of rotatable bonds is 5. The van der Waals surface area contributed by atoms with Crippen LogP contribution in [-0.4, -0.2) is 66.5 Å². The van der Waals surface area contributed by atoms with E-state index in [1.165, 1.54) is 0 Å². The lowest BCUT2D eigenvalue weighted by Crippen LogP contribution is -2.59. The molecule has 1 heterocycles. The molecule has 6 nitrogen and oxygen atoms in total. The van der Waals surface area contributed by atoms with E-state index in [2.05, 4.69) is 5.32 Å². The van der Waals surface area contributed by atoms with Crippen LogP contribution in [0, 0.1) is 0 Å².